The first-order valence-corrected chi connectivity index (χ1v) is 9.13. The average molecular weight is 409 g/mol. The Kier molecular flexibility index (Phi) is 4.56. The zero-order valence-electron chi connectivity index (χ0n) is 14.6. The molecule has 3 amide bonds. The van der Waals surface area contributed by atoms with Crippen molar-refractivity contribution in [1.29, 1.82) is 0 Å². The van der Waals surface area contributed by atoms with Crippen molar-refractivity contribution in [3.8, 4) is 11.4 Å². The fraction of sp³-hybridized carbons (Fsp3) is 0.0556. The summed E-state index contributed by atoms with van der Waals surface area (Å²) in [6, 6.07) is 8.75. The van der Waals surface area contributed by atoms with Crippen LogP contribution in [0.25, 0.3) is 11.4 Å². The molecule has 10 nitrogen and oxygen atoms in total. The molecule has 0 radical (unpaired) electrons. The van der Waals surface area contributed by atoms with Crippen LogP contribution in [-0.2, 0) is 4.79 Å². The van der Waals surface area contributed by atoms with Crippen LogP contribution in [0.5, 0.6) is 0 Å². The Hall–Kier alpha value is -3.99. The summed E-state index contributed by atoms with van der Waals surface area (Å²) < 4.78 is 0. The highest BCUT2D eigenvalue weighted by molar-refractivity contribution is 7.14. The molecule has 0 unspecified atom stereocenters. The zero-order chi connectivity index (χ0) is 20.5. The second kappa shape index (κ2) is 7.20. The maximum absolute atomic E-state index is 12.4. The number of amides is 3. The van der Waals surface area contributed by atoms with Gasteiger partial charge in [-0.2, -0.15) is 0 Å². The van der Waals surface area contributed by atoms with Gasteiger partial charge in [-0.1, -0.05) is 6.07 Å². The third-order valence-electron chi connectivity index (χ3n) is 4.14. The fourth-order valence-electron chi connectivity index (χ4n) is 2.80. The molecule has 11 heteroatoms. The summed E-state index contributed by atoms with van der Waals surface area (Å²) in [5, 5.41) is 15.4. The van der Waals surface area contributed by atoms with E-state index in [1.165, 1.54) is 17.4 Å². The van der Waals surface area contributed by atoms with Gasteiger partial charge >= 0.3 is 0 Å². The third-order valence-corrected chi connectivity index (χ3v) is 4.90. The molecule has 0 aliphatic carbocycles. The molecule has 0 spiro atoms. The zero-order valence-corrected chi connectivity index (χ0v) is 15.4. The number of anilines is 1. The SMILES string of the molecule is O=C(CN1C(=O)c2ccc([N+](=O)[O-])cc2C1=O)Nc1nc(-c2ccccn2)cs1. The van der Waals surface area contributed by atoms with Gasteiger partial charge in [0.2, 0.25) is 5.91 Å². The second-order valence-corrected chi connectivity index (χ2v) is 6.84. The number of nitrogens with zero attached hydrogens (tertiary/aromatic N) is 4. The molecule has 29 heavy (non-hydrogen) atoms. The van der Waals surface area contributed by atoms with Gasteiger partial charge in [0.25, 0.3) is 17.5 Å². The number of fused-ring (bicyclic) bond motifs is 1. The molecule has 1 aliphatic rings. The summed E-state index contributed by atoms with van der Waals surface area (Å²) in [4.78, 5) is 56.6. The Labute approximate surface area is 167 Å². The summed E-state index contributed by atoms with van der Waals surface area (Å²) in [5.41, 5.74) is 0.856. The van der Waals surface area contributed by atoms with E-state index in [9.17, 15) is 24.5 Å². The first-order valence-electron chi connectivity index (χ1n) is 8.25. The molecule has 0 saturated heterocycles. The van der Waals surface area contributed by atoms with Crippen LogP contribution in [0.1, 0.15) is 20.7 Å². The van der Waals surface area contributed by atoms with Crippen molar-refractivity contribution >= 4 is 39.9 Å². The highest BCUT2D eigenvalue weighted by Gasteiger charge is 2.37. The molecule has 3 heterocycles. The normalized spacial score (nSPS) is 12.8. The molecule has 1 aromatic carbocycles. The molecule has 2 aromatic heterocycles. The van der Waals surface area contributed by atoms with Gasteiger partial charge in [0.05, 0.1) is 21.7 Å². The average Bonchev–Trinajstić information content (AvgIpc) is 3.27. The van der Waals surface area contributed by atoms with Gasteiger partial charge in [-0.3, -0.25) is 34.4 Å². The van der Waals surface area contributed by atoms with Crippen molar-refractivity contribution in [2.75, 3.05) is 11.9 Å². The van der Waals surface area contributed by atoms with E-state index < -0.39 is 29.2 Å². The van der Waals surface area contributed by atoms with E-state index in [1.807, 2.05) is 6.07 Å². The predicted molar refractivity (Wildman–Crippen MR) is 102 cm³/mol. The number of nitrogens with one attached hydrogen (secondary N) is 1. The van der Waals surface area contributed by atoms with Crippen molar-refractivity contribution in [3.63, 3.8) is 0 Å². The second-order valence-electron chi connectivity index (χ2n) is 5.98. The number of non-ortho nitro benzene ring substituents is 1. The maximum atomic E-state index is 12.4. The number of imide groups is 1. The van der Waals surface area contributed by atoms with E-state index in [1.54, 1.807) is 23.7 Å². The fourth-order valence-corrected chi connectivity index (χ4v) is 3.52. The number of carbonyl (C=O) groups is 3. The van der Waals surface area contributed by atoms with Crippen molar-refractivity contribution in [2.24, 2.45) is 0 Å². The summed E-state index contributed by atoms with van der Waals surface area (Å²) in [6.45, 7) is -0.529. The van der Waals surface area contributed by atoms with Crippen molar-refractivity contribution in [1.82, 2.24) is 14.9 Å². The number of thiazole rings is 1. The first-order chi connectivity index (χ1) is 13.9. The lowest BCUT2D eigenvalue weighted by Crippen LogP contribution is -2.37. The molecule has 144 valence electrons. The number of hydrogen-bond donors (Lipinski definition) is 1. The van der Waals surface area contributed by atoms with E-state index in [2.05, 4.69) is 15.3 Å². The first kappa shape index (κ1) is 18.4. The minimum atomic E-state index is -0.753. The smallest absolute Gasteiger partial charge is 0.270 e. The number of pyridine rings is 1. The van der Waals surface area contributed by atoms with Crippen molar-refractivity contribution in [2.45, 2.75) is 0 Å². The molecular formula is C18H11N5O5S. The van der Waals surface area contributed by atoms with Crippen LogP contribution in [0.15, 0.2) is 48.0 Å². The van der Waals surface area contributed by atoms with Crippen LogP contribution in [0.3, 0.4) is 0 Å². The van der Waals surface area contributed by atoms with Gasteiger partial charge in [0.15, 0.2) is 5.13 Å². The molecular weight excluding hydrogens is 398 g/mol. The molecule has 4 rings (SSSR count). The Balaban J connectivity index is 1.46. The number of nitro groups is 1. The van der Waals surface area contributed by atoms with Crippen molar-refractivity contribution in [3.05, 3.63) is 69.2 Å². The van der Waals surface area contributed by atoms with E-state index >= 15 is 0 Å². The van der Waals surface area contributed by atoms with Gasteiger partial charge in [0.1, 0.15) is 12.2 Å². The lowest BCUT2D eigenvalue weighted by molar-refractivity contribution is -0.384. The van der Waals surface area contributed by atoms with Crippen LogP contribution in [0, 0.1) is 10.1 Å². The van der Waals surface area contributed by atoms with Gasteiger partial charge < -0.3 is 5.32 Å². The minimum Gasteiger partial charge on any atom is -0.300 e. The van der Waals surface area contributed by atoms with Crippen LogP contribution in [0.4, 0.5) is 10.8 Å². The number of rotatable bonds is 5. The molecule has 1 aliphatic heterocycles. The summed E-state index contributed by atoms with van der Waals surface area (Å²) in [6.07, 6.45) is 1.62. The Morgan fingerprint density at radius 2 is 1.93 bits per heavy atom. The topological polar surface area (TPSA) is 135 Å². The van der Waals surface area contributed by atoms with E-state index in [-0.39, 0.29) is 16.8 Å². The van der Waals surface area contributed by atoms with E-state index in [0.717, 1.165) is 17.0 Å². The number of hydrogen-bond acceptors (Lipinski definition) is 8. The number of aromatic nitrogens is 2. The van der Waals surface area contributed by atoms with Gasteiger partial charge in [-0.25, -0.2) is 4.98 Å². The highest BCUT2D eigenvalue weighted by Crippen LogP contribution is 2.27. The Morgan fingerprint density at radius 1 is 1.14 bits per heavy atom. The predicted octanol–water partition coefficient (Wildman–Crippen LogP) is 2.35. The molecule has 0 saturated carbocycles. The number of carbonyl (C=O) groups excluding carboxylic acids is 3. The van der Waals surface area contributed by atoms with Crippen LogP contribution < -0.4 is 5.32 Å². The lowest BCUT2D eigenvalue weighted by Gasteiger charge is -2.12. The third kappa shape index (κ3) is 3.46. The largest absolute Gasteiger partial charge is 0.300 e. The summed E-state index contributed by atoms with van der Waals surface area (Å²) in [5.74, 6) is -2.04. The Morgan fingerprint density at radius 3 is 2.66 bits per heavy atom. The van der Waals surface area contributed by atoms with Crippen LogP contribution >= 0.6 is 11.3 Å². The number of benzene rings is 1. The molecule has 0 atom stereocenters. The lowest BCUT2D eigenvalue weighted by atomic mass is 10.1. The molecule has 1 N–H and O–H groups in total. The van der Waals surface area contributed by atoms with Crippen LogP contribution in [-0.4, -0.2) is 44.1 Å². The van der Waals surface area contributed by atoms with Gasteiger partial charge in [0, 0.05) is 23.7 Å². The summed E-state index contributed by atoms with van der Waals surface area (Å²) in [7, 11) is 0. The molecule has 0 bridgehead atoms. The van der Waals surface area contributed by atoms with Crippen LogP contribution in [0.2, 0.25) is 0 Å². The molecule has 3 aromatic rings. The highest BCUT2D eigenvalue weighted by atomic mass is 32.1. The molecule has 0 fully saturated rings. The van der Waals surface area contributed by atoms with Crippen molar-refractivity contribution < 1.29 is 19.3 Å². The standard InChI is InChI=1S/C18H11N5O5S/c24-15(21-18-20-14(9-29-18)13-3-1-2-6-19-13)8-22-16(25)11-5-4-10(23(27)28)7-12(11)17(22)26/h1-7,9H,8H2,(H,20,21,24). The van der Waals surface area contributed by atoms with E-state index in [4.69, 9.17) is 0 Å². The number of nitro benzene ring substituents is 1. The quantitative estimate of drug-likeness (QED) is 0.388. The maximum Gasteiger partial charge on any atom is 0.270 e. The summed E-state index contributed by atoms with van der Waals surface area (Å²) >= 11 is 1.18. The van der Waals surface area contributed by atoms with Gasteiger partial charge in [-0.05, 0) is 18.2 Å². The van der Waals surface area contributed by atoms with Gasteiger partial charge in [-0.15, -0.1) is 11.3 Å². The van der Waals surface area contributed by atoms with E-state index in [0.29, 0.717) is 16.5 Å². The Bertz CT molecular complexity index is 1160. The minimum absolute atomic E-state index is 0.0279. The monoisotopic (exact) mass is 409 g/mol.